The van der Waals surface area contributed by atoms with Crippen molar-refractivity contribution >= 4 is 34.1 Å². The highest BCUT2D eigenvalue weighted by atomic mass is 16.2. The Morgan fingerprint density at radius 3 is 2.50 bits per heavy atom. The van der Waals surface area contributed by atoms with Crippen molar-refractivity contribution in [2.75, 3.05) is 10.6 Å². The molecule has 0 fully saturated rings. The number of hydrogen-bond acceptors (Lipinski definition) is 4. The molecule has 1 atom stereocenters. The number of carbonyl (C=O) groups is 1. The van der Waals surface area contributed by atoms with Gasteiger partial charge in [-0.3, -0.25) is 9.36 Å². The van der Waals surface area contributed by atoms with E-state index < -0.39 is 0 Å². The molecule has 0 aliphatic carbocycles. The Hall–Kier alpha value is -4.59. The zero-order chi connectivity index (χ0) is 27.0. The molecular formula is C30H32N6O2. The molecule has 3 N–H and O–H groups in total. The van der Waals surface area contributed by atoms with Crippen molar-refractivity contribution in [1.29, 1.82) is 0 Å². The summed E-state index contributed by atoms with van der Waals surface area (Å²) in [6.45, 7) is 10.1. The molecule has 3 heterocycles. The van der Waals surface area contributed by atoms with Gasteiger partial charge < -0.3 is 20.2 Å². The van der Waals surface area contributed by atoms with Gasteiger partial charge >= 0.3 is 5.69 Å². The molecule has 0 spiro atoms. The SMILES string of the molecule is CCC(C)n1c(=O)[nH]c2c(Nc3cc(NC(=O)c4cccc(-n5c(C)ccc5C)c4)ccc3C)ccnc21. The monoisotopic (exact) mass is 508 g/mol. The molecule has 0 radical (unpaired) electrons. The summed E-state index contributed by atoms with van der Waals surface area (Å²) in [5.41, 5.74) is 8.06. The molecule has 0 bridgehead atoms. The normalized spacial score (nSPS) is 12.0. The van der Waals surface area contributed by atoms with Gasteiger partial charge in [-0.05, 0) is 88.2 Å². The van der Waals surface area contributed by atoms with E-state index in [9.17, 15) is 9.59 Å². The number of nitrogens with one attached hydrogen (secondary N) is 3. The Morgan fingerprint density at radius 2 is 1.76 bits per heavy atom. The van der Waals surface area contributed by atoms with E-state index in [4.69, 9.17) is 0 Å². The van der Waals surface area contributed by atoms with E-state index in [2.05, 4.69) is 37.3 Å². The van der Waals surface area contributed by atoms with Crippen molar-refractivity contribution in [2.45, 2.75) is 47.1 Å². The number of benzene rings is 2. The van der Waals surface area contributed by atoms with E-state index in [0.29, 0.717) is 22.4 Å². The van der Waals surface area contributed by atoms with Crippen LogP contribution < -0.4 is 16.3 Å². The summed E-state index contributed by atoms with van der Waals surface area (Å²) >= 11 is 0. The first kappa shape index (κ1) is 25.1. The molecule has 0 saturated carbocycles. The van der Waals surface area contributed by atoms with Crippen LogP contribution in [0.1, 0.15) is 53.6 Å². The zero-order valence-corrected chi connectivity index (χ0v) is 22.3. The van der Waals surface area contributed by atoms with Gasteiger partial charge in [-0.1, -0.05) is 19.1 Å². The van der Waals surface area contributed by atoms with Crippen molar-refractivity contribution in [3.05, 3.63) is 99.9 Å². The van der Waals surface area contributed by atoms with Crippen LogP contribution >= 0.6 is 0 Å². The molecule has 8 heteroatoms. The van der Waals surface area contributed by atoms with Crippen LogP contribution in [0.25, 0.3) is 16.9 Å². The summed E-state index contributed by atoms with van der Waals surface area (Å²) in [6, 6.07) is 19.3. The Kier molecular flexibility index (Phi) is 6.63. The average Bonchev–Trinajstić information content (AvgIpc) is 3.43. The van der Waals surface area contributed by atoms with Crippen molar-refractivity contribution in [1.82, 2.24) is 19.1 Å². The number of anilines is 3. The summed E-state index contributed by atoms with van der Waals surface area (Å²) < 4.78 is 3.81. The number of fused-ring (bicyclic) bond motifs is 1. The van der Waals surface area contributed by atoms with Gasteiger partial charge in [-0.15, -0.1) is 0 Å². The number of nitrogens with zero attached hydrogens (tertiary/aromatic N) is 3. The first-order valence-electron chi connectivity index (χ1n) is 12.8. The fourth-order valence-corrected chi connectivity index (χ4v) is 4.76. The number of amides is 1. The Bertz CT molecular complexity index is 1690. The number of carbonyl (C=O) groups excluding carboxylic acids is 1. The molecule has 0 aliphatic heterocycles. The van der Waals surface area contributed by atoms with Crippen molar-refractivity contribution < 1.29 is 4.79 Å². The van der Waals surface area contributed by atoms with E-state index in [1.54, 1.807) is 10.8 Å². The molecule has 1 unspecified atom stereocenters. The molecule has 2 aromatic carbocycles. The van der Waals surface area contributed by atoms with Gasteiger partial charge in [0, 0.05) is 46.3 Å². The van der Waals surface area contributed by atoms with Crippen LogP contribution in [0.5, 0.6) is 0 Å². The van der Waals surface area contributed by atoms with Crippen molar-refractivity contribution in [3.8, 4) is 5.69 Å². The first-order valence-corrected chi connectivity index (χ1v) is 12.8. The number of imidazole rings is 1. The summed E-state index contributed by atoms with van der Waals surface area (Å²) in [6.07, 6.45) is 2.51. The van der Waals surface area contributed by atoms with Crippen LogP contribution in [0.2, 0.25) is 0 Å². The molecule has 1 amide bonds. The van der Waals surface area contributed by atoms with Crippen LogP contribution in [0.3, 0.4) is 0 Å². The number of aromatic nitrogens is 4. The first-order chi connectivity index (χ1) is 18.3. The fourth-order valence-electron chi connectivity index (χ4n) is 4.76. The number of rotatable bonds is 7. The third kappa shape index (κ3) is 4.61. The van der Waals surface area contributed by atoms with E-state index in [1.165, 1.54) is 0 Å². The Labute approximate surface area is 221 Å². The van der Waals surface area contributed by atoms with Gasteiger partial charge in [0.05, 0.1) is 5.69 Å². The Balaban J connectivity index is 1.42. The van der Waals surface area contributed by atoms with Gasteiger partial charge in [0.1, 0.15) is 5.52 Å². The molecule has 194 valence electrons. The maximum absolute atomic E-state index is 13.2. The fraction of sp³-hybridized carbons (Fsp3) is 0.233. The molecule has 5 rings (SSSR count). The van der Waals surface area contributed by atoms with Crippen LogP contribution in [0.4, 0.5) is 17.1 Å². The number of H-pyrrole nitrogens is 1. The number of aromatic amines is 1. The van der Waals surface area contributed by atoms with E-state index >= 15 is 0 Å². The molecule has 38 heavy (non-hydrogen) atoms. The maximum atomic E-state index is 13.2. The predicted octanol–water partition coefficient (Wildman–Crippen LogP) is 6.41. The average molecular weight is 509 g/mol. The Morgan fingerprint density at radius 1 is 1.00 bits per heavy atom. The topological polar surface area (TPSA) is 96.7 Å². The maximum Gasteiger partial charge on any atom is 0.327 e. The second-order valence-corrected chi connectivity index (χ2v) is 9.73. The quantitative estimate of drug-likeness (QED) is 0.237. The molecule has 8 nitrogen and oxygen atoms in total. The summed E-state index contributed by atoms with van der Waals surface area (Å²) in [7, 11) is 0. The second-order valence-electron chi connectivity index (χ2n) is 9.73. The van der Waals surface area contributed by atoms with E-state index in [1.807, 2.05) is 83.1 Å². The standard InChI is InChI=1S/C30H32N6O2/c1-6-19(3)36-28-27(34-30(36)38)25(14-15-31-28)33-26-17-23(13-10-18(26)2)32-29(37)22-8-7-9-24(16-22)35-20(4)11-12-21(35)5/h7-17,19H,6H2,1-5H3,(H,31,33)(H,32,37)(H,34,38). The van der Waals surface area contributed by atoms with Crippen LogP contribution in [0.15, 0.2) is 71.7 Å². The van der Waals surface area contributed by atoms with Crippen LogP contribution in [-0.4, -0.2) is 25.0 Å². The molecular weight excluding hydrogens is 476 g/mol. The van der Waals surface area contributed by atoms with E-state index in [-0.39, 0.29) is 17.6 Å². The largest absolute Gasteiger partial charge is 0.353 e. The molecule has 0 aliphatic rings. The number of pyridine rings is 1. The molecule has 0 saturated heterocycles. The highest BCUT2D eigenvalue weighted by Crippen LogP contribution is 2.29. The van der Waals surface area contributed by atoms with Crippen LogP contribution in [0, 0.1) is 20.8 Å². The van der Waals surface area contributed by atoms with Gasteiger partial charge in [0.15, 0.2) is 5.65 Å². The molecule has 3 aromatic heterocycles. The minimum absolute atomic E-state index is 0.0307. The van der Waals surface area contributed by atoms with Gasteiger partial charge in [-0.2, -0.15) is 0 Å². The lowest BCUT2D eigenvalue weighted by Gasteiger charge is -2.14. The molecule has 5 aromatic rings. The lowest BCUT2D eigenvalue weighted by Crippen LogP contribution is -2.20. The highest BCUT2D eigenvalue weighted by molar-refractivity contribution is 6.05. The third-order valence-corrected chi connectivity index (χ3v) is 7.04. The van der Waals surface area contributed by atoms with Crippen molar-refractivity contribution in [3.63, 3.8) is 0 Å². The minimum Gasteiger partial charge on any atom is -0.353 e. The number of aryl methyl sites for hydroxylation is 3. The predicted molar refractivity (Wildman–Crippen MR) is 153 cm³/mol. The number of hydrogen-bond donors (Lipinski definition) is 3. The summed E-state index contributed by atoms with van der Waals surface area (Å²) in [5, 5.41) is 6.45. The summed E-state index contributed by atoms with van der Waals surface area (Å²) in [4.78, 5) is 33.2. The van der Waals surface area contributed by atoms with Crippen LogP contribution in [-0.2, 0) is 0 Å². The van der Waals surface area contributed by atoms with Gasteiger partial charge in [0.2, 0.25) is 0 Å². The zero-order valence-electron chi connectivity index (χ0n) is 22.3. The van der Waals surface area contributed by atoms with Gasteiger partial charge in [0.25, 0.3) is 5.91 Å². The second kappa shape index (κ2) is 10.0. The highest BCUT2D eigenvalue weighted by Gasteiger charge is 2.16. The van der Waals surface area contributed by atoms with Gasteiger partial charge in [-0.25, -0.2) is 9.78 Å². The third-order valence-electron chi connectivity index (χ3n) is 7.04. The van der Waals surface area contributed by atoms with E-state index in [0.717, 1.165) is 40.4 Å². The lowest BCUT2D eigenvalue weighted by atomic mass is 10.1. The lowest BCUT2D eigenvalue weighted by molar-refractivity contribution is 0.102. The summed E-state index contributed by atoms with van der Waals surface area (Å²) in [5.74, 6) is -0.189. The smallest absolute Gasteiger partial charge is 0.327 e. The van der Waals surface area contributed by atoms with Crippen molar-refractivity contribution in [2.24, 2.45) is 0 Å². The minimum atomic E-state index is -0.189.